The third kappa shape index (κ3) is 2.08. The number of rotatable bonds is 2. The molecule has 0 bridgehead atoms. The predicted molar refractivity (Wildman–Crippen MR) is 93.0 cm³/mol. The van der Waals surface area contributed by atoms with Gasteiger partial charge in [0.15, 0.2) is 0 Å². The van der Waals surface area contributed by atoms with Crippen molar-refractivity contribution in [2.45, 2.75) is 13.8 Å². The molecule has 0 N–H and O–H groups in total. The second-order valence-electron chi connectivity index (χ2n) is 5.77. The fourth-order valence-electron chi connectivity index (χ4n) is 3.10. The maximum absolute atomic E-state index is 5.73. The third-order valence-corrected chi connectivity index (χ3v) is 4.34. The summed E-state index contributed by atoms with van der Waals surface area (Å²) < 4.78 is 11.1. The van der Waals surface area contributed by atoms with E-state index >= 15 is 0 Å². The Hall–Kier alpha value is -2.81. The molecule has 4 rings (SSSR count). The number of fused-ring (bicyclic) bond motifs is 2. The molecule has 0 aliphatic carbocycles. The zero-order chi connectivity index (χ0) is 16.0. The highest BCUT2D eigenvalue weighted by Gasteiger charge is 2.15. The molecule has 0 spiro atoms. The molecule has 0 saturated heterocycles. The van der Waals surface area contributed by atoms with Crippen LogP contribution in [0.15, 0.2) is 53.1 Å². The number of methoxy groups -OCH3 is 1. The number of aromatic nitrogens is 1. The third-order valence-electron chi connectivity index (χ3n) is 4.34. The number of aryl methyl sites for hydroxylation is 2. The molecule has 3 nitrogen and oxygen atoms in total. The Kier molecular flexibility index (Phi) is 3.08. The lowest BCUT2D eigenvalue weighted by molar-refractivity contribution is 0.400. The Morgan fingerprint density at radius 1 is 1.00 bits per heavy atom. The first kappa shape index (κ1) is 13.8. The minimum Gasteiger partial charge on any atom is -0.481 e. The number of nitrogens with zero attached hydrogens (tertiary/aromatic N) is 1. The Balaban J connectivity index is 2.18. The van der Waals surface area contributed by atoms with Gasteiger partial charge in [0, 0.05) is 22.4 Å². The normalized spacial score (nSPS) is 11.3. The molecule has 23 heavy (non-hydrogen) atoms. The molecule has 0 saturated carbocycles. The van der Waals surface area contributed by atoms with Crippen molar-refractivity contribution in [3.8, 4) is 17.0 Å². The summed E-state index contributed by atoms with van der Waals surface area (Å²) in [5.41, 5.74) is 6.28. The molecular formula is C20H17NO2. The highest BCUT2D eigenvalue weighted by Crippen LogP contribution is 2.37. The Morgan fingerprint density at radius 3 is 2.52 bits per heavy atom. The number of ether oxygens (including phenoxy) is 1. The minimum atomic E-state index is 0.613. The molecule has 4 aromatic rings. The van der Waals surface area contributed by atoms with Crippen LogP contribution in [0.1, 0.15) is 11.1 Å². The molecule has 3 heteroatoms. The molecular weight excluding hydrogens is 286 g/mol. The largest absolute Gasteiger partial charge is 0.481 e. The summed E-state index contributed by atoms with van der Waals surface area (Å²) in [6.07, 6.45) is 1.80. The maximum atomic E-state index is 5.73. The molecule has 0 amide bonds. The number of pyridine rings is 1. The van der Waals surface area contributed by atoms with Gasteiger partial charge in [-0.1, -0.05) is 30.3 Å². The highest BCUT2D eigenvalue weighted by molar-refractivity contribution is 6.05. The van der Waals surface area contributed by atoms with E-state index in [1.807, 2.05) is 24.3 Å². The van der Waals surface area contributed by atoms with Crippen molar-refractivity contribution in [1.29, 1.82) is 0 Å². The van der Waals surface area contributed by atoms with Crippen LogP contribution in [0.4, 0.5) is 0 Å². The van der Waals surface area contributed by atoms with Crippen molar-refractivity contribution in [3.63, 3.8) is 0 Å². The van der Waals surface area contributed by atoms with Crippen LogP contribution in [0.2, 0.25) is 0 Å². The summed E-state index contributed by atoms with van der Waals surface area (Å²) in [5.74, 6) is 0.613. The standard InChI is InChI=1S/C20H17NO2/c1-12-11-23-20-13(2)19-17(9-15(12)20)16(10-18(21-19)22-3)14-7-5-4-6-8-14/h4-11H,1-3H3. The second kappa shape index (κ2) is 5.13. The van der Waals surface area contributed by atoms with Gasteiger partial charge in [-0.3, -0.25) is 0 Å². The van der Waals surface area contributed by atoms with Gasteiger partial charge in [0.1, 0.15) is 5.58 Å². The number of hydrogen-bond donors (Lipinski definition) is 0. The van der Waals surface area contributed by atoms with Gasteiger partial charge in [-0.15, -0.1) is 0 Å². The summed E-state index contributed by atoms with van der Waals surface area (Å²) in [5, 5.41) is 2.26. The van der Waals surface area contributed by atoms with Crippen LogP contribution in [-0.4, -0.2) is 12.1 Å². The monoisotopic (exact) mass is 303 g/mol. The van der Waals surface area contributed by atoms with E-state index in [1.165, 1.54) is 0 Å². The number of furan rings is 1. The topological polar surface area (TPSA) is 35.3 Å². The van der Waals surface area contributed by atoms with Gasteiger partial charge in [0.25, 0.3) is 0 Å². The van der Waals surface area contributed by atoms with Gasteiger partial charge in [0.05, 0.1) is 18.9 Å². The van der Waals surface area contributed by atoms with Crippen LogP contribution in [0.5, 0.6) is 5.88 Å². The lowest BCUT2D eigenvalue weighted by Crippen LogP contribution is -1.93. The average Bonchev–Trinajstić information content (AvgIpc) is 2.97. The van der Waals surface area contributed by atoms with Crippen molar-refractivity contribution >= 4 is 21.9 Å². The van der Waals surface area contributed by atoms with E-state index in [-0.39, 0.29) is 0 Å². The molecule has 0 unspecified atom stereocenters. The highest BCUT2D eigenvalue weighted by atomic mass is 16.5. The van der Waals surface area contributed by atoms with Gasteiger partial charge in [0.2, 0.25) is 5.88 Å². The van der Waals surface area contributed by atoms with Gasteiger partial charge in [-0.25, -0.2) is 4.98 Å². The average molecular weight is 303 g/mol. The summed E-state index contributed by atoms with van der Waals surface area (Å²) in [6, 6.07) is 14.5. The zero-order valence-electron chi connectivity index (χ0n) is 13.4. The van der Waals surface area contributed by atoms with E-state index < -0.39 is 0 Å². The summed E-state index contributed by atoms with van der Waals surface area (Å²) in [7, 11) is 1.65. The summed E-state index contributed by atoms with van der Waals surface area (Å²) >= 11 is 0. The predicted octanol–water partition coefficient (Wildman–Crippen LogP) is 5.27. The van der Waals surface area contributed by atoms with Crippen molar-refractivity contribution in [2.24, 2.45) is 0 Å². The van der Waals surface area contributed by atoms with Crippen molar-refractivity contribution < 1.29 is 9.15 Å². The molecule has 2 aromatic carbocycles. The number of hydrogen-bond acceptors (Lipinski definition) is 3. The van der Waals surface area contributed by atoms with Crippen LogP contribution >= 0.6 is 0 Å². The van der Waals surface area contributed by atoms with E-state index in [0.29, 0.717) is 5.88 Å². The van der Waals surface area contributed by atoms with E-state index in [1.54, 1.807) is 13.4 Å². The van der Waals surface area contributed by atoms with Gasteiger partial charge < -0.3 is 9.15 Å². The summed E-state index contributed by atoms with van der Waals surface area (Å²) in [6.45, 7) is 4.12. The quantitative estimate of drug-likeness (QED) is 0.506. The molecule has 2 heterocycles. The fourth-order valence-corrected chi connectivity index (χ4v) is 3.10. The molecule has 0 fully saturated rings. The smallest absolute Gasteiger partial charge is 0.214 e. The Bertz CT molecular complexity index is 1020. The first-order valence-corrected chi connectivity index (χ1v) is 7.60. The van der Waals surface area contributed by atoms with Gasteiger partial charge >= 0.3 is 0 Å². The van der Waals surface area contributed by atoms with Crippen molar-refractivity contribution in [2.75, 3.05) is 7.11 Å². The van der Waals surface area contributed by atoms with Crippen LogP contribution in [0, 0.1) is 13.8 Å². The van der Waals surface area contributed by atoms with Crippen LogP contribution in [0.25, 0.3) is 33.0 Å². The molecule has 0 atom stereocenters. The lowest BCUT2D eigenvalue weighted by Gasteiger charge is -2.11. The molecule has 0 radical (unpaired) electrons. The number of benzene rings is 2. The van der Waals surface area contributed by atoms with Crippen LogP contribution in [-0.2, 0) is 0 Å². The van der Waals surface area contributed by atoms with E-state index in [9.17, 15) is 0 Å². The molecule has 0 aliphatic rings. The SMILES string of the molecule is COc1cc(-c2ccccc2)c2cc3c(C)coc3c(C)c2n1. The van der Waals surface area contributed by atoms with E-state index in [4.69, 9.17) is 9.15 Å². The fraction of sp³-hybridized carbons (Fsp3) is 0.150. The zero-order valence-corrected chi connectivity index (χ0v) is 13.4. The van der Waals surface area contributed by atoms with Crippen LogP contribution in [0.3, 0.4) is 0 Å². The first-order chi connectivity index (χ1) is 11.2. The maximum Gasteiger partial charge on any atom is 0.214 e. The Morgan fingerprint density at radius 2 is 1.78 bits per heavy atom. The second-order valence-corrected chi connectivity index (χ2v) is 5.77. The van der Waals surface area contributed by atoms with Crippen molar-refractivity contribution in [3.05, 3.63) is 59.9 Å². The van der Waals surface area contributed by atoms with Gasteiger partial charge in [-0.05, 0) is 36.6 Å². The van der Waals surface area contributed by atoms with Crippen molar-refractivity contribution in [1.82, 2.24) is 4.98 Å². The minimum absolute atomic E-state index is 0.613. The first-order valence-electron chi connectivity index (χ1n) is 7.60. The molecule has 0 aliphatic heterocycles. The summed E-state index contributed by atoms with van der Waals surface area (Å²) in [4.78, 5) is 4.66. The molecule has 2 aromatic heterocycles. The Labute approximate surface area is 134 Å². The van der Waals surface area contributed by atoms with E-state index in [0.717, 1.165) is 44.1 Å². The van der Waals surface area contributed by atoms with Crippen LogP contribution < -0.4 is 4.74 Å². The lowest BCUT2D eigenvalue weighted by atomic mass is 9.97. The van der Waals surface area contributed by atoms with E-state index in [2.05, 4.69) is 37.0 Å². The van der Waals surface area contributed by atoms with Gasteiger partial charge in [-0.2, -0.15) is 0 Å². The molecule has 114 valence electrons.